The third-order valence-electron chi connectivity index (χ3n) is 6.36. The molecular weight excluding hydrogens is 436 g/mol. The molecule has 180 valence electrons. The van der Waals surface area contributed by atoms with E-state index >= 15 is 0 Å². The van der Waals surface area contributed by atoms with Gasteiger partial charge in [-0.2, -0.15) is 0 Å². The second-order valence-corrected chi connectivity index (χ2v) is 8.80. The van der Waals surface area contributed by atoms with E-state index in [2.05, 4.69) is 54.7 Å². The van der Waals surface area contributed by atoms with Gasteiger partial charge in [0.25, 0.3) is 0 Å². The Hall–Kier alpha value is -3.75. The first-order valence-corrected chi connectivity index (χ1v) is 11.8. The molecule has 5 nitrogen and oxygen atoms in total. The fourth-order valence-corrected chi connectivity index (χ4v) is 4.48. The number of para-hydroxylation sites is 1. The Labute approximate surface area is 207 Å². The van der Waals surface area contributed by atoms with Crippen molar-refractivity contribution < 1.29 is 14.2 Å². The summed E-state index contributed by atoms with van der Waals surface area (Å²) in [4.78, 5) is 5.09. The minimum atomic E-state index is 0.460. The van der Waals surface area contributed by atoms with Crippen LogP contribution in [-0.2, 0) is 17.7 Å². The average molecular weight is 469 g/mol. The van der Waals surface area contributed by atoms with Gasteiger partial charge in [-0.15, -0.1) is 6.42 Å². The van der Waals surface area contributed by atoms with Crippen LogP contribution in [0.2, 0.25) is 0 Å². The highest BCUT2D eigenvalue weighted by atomic mass is 16.5. The highest BCUT2D eigenvalue weighted by Crippen LogP contribution is 2.37. The van der Waals surface area contributed by atoms with Crippen LogP contribution >= 0.6 is 0 Å². The molecule has 0 radical (unpaired) electrons. The van der Waals surface area contributed by atoms with Crippen LogP contribution in [0.5, 0.6) is 11.5 Å². The molecule has 1 aromatic heterocycles. The van der Waals surface area contributed by atoms with Crippen molar-refractivity contribution in [3.8, 4) is 35.2 Å². The first kappa shape index (κ1) is 24.4. The van der Waals surface area contributed by atoms with Gasteiger partial charge in [0.15, 0.2) is 0 Å². The van der Waals surface area contributed by atoms with Crippen molar-refractivity contribution in [3.05, 3.63) is 76.9 Å². The Balaban J connectivity index is 1.94. The fraction of sp³-hybridized carbons (Fsp3) is 0.300. The van der Waals surface area contributed by atoms with Crippen molar-refractivity contribution in [2.75, 3.05) is 27.9 Å². The molecule has 0 amide bonds. The van der Waals surface area contributed by atoms with Crippen molar-refractivity contribution in [2.45, 2.75) is 32.7 Å². The van der Waals surface area contributed by atoms with E-state index in [1.54, 1.807) is 21.3 Å². The number of aromatic nitrogens is 2. The summed E-state index contributed by atoms with van der Waals surface area (Å²) < 4.78 is 19.0. The fourth-order valence-electron chi connectivity index (χ4n) is 4.48. The van der Waals surface area contributed by atoms with Crippen LogP contribution in [0, 0.1) is 12.3 Å². The number of methoxy groups -OCH3 is 3. The number of terminal acetylenes is 1. The molecule has 4 aromatic rings. The maximum Gasteiger partial charge on any atom is 0.145 e. The van der Waals surface area contributed by atoms with Gasteiger partial charge in [0, 0.05) is 25.6 Å². The van der Waals surface area contributed by atoms with Crippen LogP contribution in [0.25, 0.3) is 22.4 Å². The molecule has 3 aromatic carbocycles. The minimum absolute atomic E-state index is 0.460. The molecule has 0 aliphatic rings. The molecule has 0 bridgehead atoms. The van der Waals surface area contributed by atoms with Crippen molar-refractivity contribution >= 4 is 11.0 Å². The molecule has 0 N–H and O–H groups in total. The van der Waals surface area contributed by atoms with Gasteiger partial charge in [0.1, 0.15) is 28.4 Å². The quantitative estimate of drug-likeness (QED) is 0.280. The number of hydrogen-bond donors (Lipinski definition) is 0. The van der Waals surface area contributed by atoms with E-state index in [0.717, 1.165) is 50.6 Å². The summed E-state index contributed by atoms with van der Waals surface area (Å²) in [6, 6.07) is 18.6. The molecule has 0 spiro atoms. The summed E-state index contributed by atoms with van der Waals surface area (Å²) in [7, 11) is 5.06. The van der Waals surface area contributed by atoms with Crippen LogP contribution in [0.4, 0.5) is 0 Å². The van der Waals surface area contributed by atoms with Crippen LogP contribution in [0.1, 0.15) is 42.0 Å². The summed E-state index contributed by atoms with van der Waals surface area (Å²) in [5, 5.41) is 0. The molecular formula is C30H32N2O3. The Morgan fingerprint density at radius 1 is 0.943 bits per heavy atom. The second kappa shape index (κ2) is 10.7. The molecule has 0 unspecified atom stereocenters. The minimum Gasteiger partial charge on any atom is -0.496 e. The monoisotopic (exact) mass is 468 g/mol. The summed E-state index contributed by atoms with van der Waals surface area (Å²) in [5.41, 5.74) is 6.74. The third-order valence-corrected chi connectivity index (χ3v) is 6.36. The van der Waals surface area contributed by atoms with E-state index in [0.29, 0.717) is 25.5 Å². The van der Waals surface area contributed by atoms with E-state index in [1.807, 2.05) is 24.3 Å². The molecule has 0 aliphatic heterocycles. The largest absolute Gasteiger partial charge is 0.496 e. The molecule has 1 heterocycles. The maximum atomic E-state index is 6.09. The normalized spacial score (nSPS) is 11.1. The Morgan fingerprint density at radius 2 is 1.66 bits per heavy atom. The van der Waals surface area contributed by atoms with E-state index in [-0.39, 0.29) is 0 Å². The van der Waals surface area contributed by atoms with Crippen LogP contribution in [0.3, 0.4) is 0 Å². The van der Waals surface area contributed by atoms with Gasteiger partial charge in [-0.25, -0.2) is 4.98 Å². The first-order chi connectivity index (χ1) is 17.0. The SMILES string of the molecule is C#Cc1c(Cc2ccccc2OC)cc(OC)c2c1nc(-c1ccc(C(C)C)cc1)n2CCOC. The number of rotatable bonds is 9. The van der Waals surface area contributed by atoms with Crippen molar-refractivity contribution in [1.82, 2.24) is 9.55 Å². The van der Waals surface area contributed by atoms with Gasteiger partial charge < -0.3 is 18.8 Å². The standard InChI is InChI=1S/C30H32N2O3/c1-7-25-24(18-23-10-8-9-11-26(23)34-5)19-27(35-6)29-28(25)31-30(32(29)16-17-33-4)22-14-12-21(13-15-22)20(2)3/h1,8-15,19-20H,16-18H2,2-6H3. The van der Waals surface area contributed by atoms with Gasteiger partial charge in [0.05, 0.1) is 26.4 Å². The van der Waals surface area contributed by atoms with E-state index in [1.165, 1.54) is 5.56 Å². The maximum absolute atomic E-state index is 6.09. The lowest BCUT2D eigenvalue weighted by molar-refractivity contribution is 0.188. The van der Waals surface area contributed by atoms with Crippen molar-refractivity contribution in [3.63, 3.8) is 0 Å². The second-order valence-electron chi connectivity index (χ2n) is 8.80. The Bertz CT molecular complexity index is 1360. The molecule has 35 heavy (non-hydrogen) atoms. The Kier molecular flexibility index (Phi) is 7.43. The number of benzene rings is 3. The molecule has 0 fully saturated rings. The topological polar surface area (TPSA) is 45.5 Å². The number of ether oxygens (including phenoxy) is 3. The van der Waals surface area contributed by atoms with Gasteiger partial charge in [-0.1, -0.05) is 62.2 Å². The van der Waals surface area contributed by atoms with Gasteiger partial charge >= 0.3 is 0 Å². The van der Waals surface area contributed by atoms with E-state index in [9.17, 15) is 0 Å². The number of fused-ring (bicyclic) bond motifs is 1. The number of nitrogens with zero attached hydrogens (tertiary/aromatic N) is 2. The lowest BCUT2D eigenvalue weighted by Crippen LogP contribution is -2.07. The number of imidazole rings is 1. The zero-order valence-electron chi connectivity index (χ0n) is 21.1. The highest BCUT2D eigenvalue weighted by Gasteiger charge is 2.22. The summed E-state index contributed by atoms with van der Waals surface area (Å²) >= 11 is 0. The van der Waals surface area contributed by atoms with Crippen LogP contribution < -0.4 is 9.47 Å². The third kappa shape index (κ3) is 4.76. The lowest BCUT2D eigenvalue weighted by Gasteiger charge is -2.14. The first-order valence-electron chi connectivity index (χ1n) is 11.8. The summed E-state index contributed by atoms with van der Waals surface area (Å²) in [6.07, 6.45) is 6.70. The average Bonchev–Trinajstić information content (AvgIpc) is 3.26. The van der Waals surface area contributed by atoms with Crippen LogP contribution in [-0.4, -0.2) is 37.5 Å². The molecule has 0 aliphatic carbocycles. The van der Waals surface area contributed by atoms with Gasteiger partial charge in [-0.3, -0.25) is 0 Å². The molecule has 5 heteroatoms. The van der Waals surface area contributed by atoms with E-state index in [4.69, 9.17) is 25.6 Å². The Morgan fingerprint density at radius 3 is 2.29 bits per heavy atom. The zero-order chi connectivity index (χ0) is 24.9. The van der Waals surface area contributed by atoms with Crippen LogP contribution in [0.15, 0.2) is 54.6 Å². The smallest absolute Gasteiger partial charge is 0.145 e. The highest BCUT2D eigenvalue weighted by molar-refractivity contribution is 5.92. The van der Waals surface area contributed by atoms with Gasteiger partial charge in [-0.05, 0) is 34.7 Å². The zero-order valence-corrected chi connectivity index (χ0v) is 21.1. The molecule has 4 rings (SSSR count). The van der Waals surface area contributed by atoms with Crippen molar-refractivity contribution in [2.24, 2.45) is 0 Å². The van der Waals surface area contributed by atoms with Crippen molar-refractivity contribution in [1.29, 1.82) is 0 Å². The predicted octanol–water partition coefficient (Wildman–Crippen LogP) is 6.06. The predicted molar refractivity (Wildman–Crippen MR) is 141 cm³/mol. The number of hydrogen-bond acceptors (Lipinski definition) is 4. The summed E-state index contributed by atoms with van der Waals surface area (Å²) in [5.74, 6) is 5.78. The van der Waals surface area contributed by atoms with Gasteiger partial charge in [0.2, 0.25) is 0 Å². The molecule has 0 saturated heterocycles. The molecule has 0 saturated carbocycles. The summed E-state index contributed by atoms with van der Waals surface area (Å²) in [6.45, 7) is 5.55. The van der Waals surface area contributed by atoms with E-state index < -0.39 is 0 Å². The lowest BCUT2D eigenvalue weighted by atomic mass is 9.97. The molecule has 0 atom stereocenters.